The molecule has 0 aliphatic heterocycles. The first-order valence-corrected chi connectivity index (χ1v) is 4.17. The van der Waals surface area contributed by atoms with Crippen LogP contribution in [0.4, 0.5) is 0 Å². The van der Waals surface area contributed by atoms with E-state index in [-0.39, 0.29) is 12.1 Å². The third kappa shape index (κ3) is 2.27. The molecule has 0 amide bonds. The molecule has 0 aliphatic rings. The van der Waals surface area contributed by atoms with Crippen molar-refractivity contribution in [1.82, 2.24) is 15.2 Å². The van der Waals surface area contributed by atoms with Crippen molar-refractivity contribution in [2.24, 2.45) is 12.9 Å². The summed E-state index contributed by atoms with van der Waals surface area (Å²) in [6.45, 7) is 1.94. The van der Waals surface area contributed by atoms with E-state index in [0.717, 1.165) is 5.69 Å². The summed E-state index contributed by atoms with van der Waals surface area (Å²) in [6.07, 6.45) is 1.88. The Kier molecular flexibility index (Phi) is 3.41. The smallest absolute Gasteiger partial charge is 0.0909 e. The summed E-state index contributed by atoms with van der Waals surface area (Å²) < 4.78 is 6.91. The van der Waals surface area contributed by atoms with Crippen LogP contribution in [0.15, 0.2) is 12.3 Å². The number of nitrogens with one attached hydrogen (secondary N) is 1. The van der Waals surface area contributed by atoms with Crippen LogP contribution < -0.4 is 11.3 Å². The van der Waals surface area contributed by atoms with Crippen LogP contribution in [0.2, 0.25) is 0 Å². The highest BCUT2D eigenvalue weighted by Crippen LogP contribution is 2.15. The standard InChI is InChI=1S/C8H16N4O/c1-6(13-3)8(10-9)7-4-5-12(2)11-7/h4-6,8,10H,9H2,1-3H3. The molecule has 1 aromatic heterocycles. The number of hydrazine groups is 1. The maximum atomic E-state index is 5.41. The predicted octanol–water partition coefficient (Wildman–Crippen LogP) is -0.0406. The van der Waals surface area contributed by atoms with E-state index in [1.165, 1.54) is 0 Å². The van der Waals surface area contributed by atoms with Crippen molar-refractivity contribution >= 4 is 0 Å². The molecule has 2 unspecified atom stereocenters. The van der Waals surface area contributed by atoms with Gasteiger partial charge in [0.05, 0.1) is 17.8 Å². The molecule has 5 nitrogen and oxygen atoms in total. The van der Waals surface area contributed by atoms with Gasteiger partial charge in [-0.2, -0.15) is 5.10 Å². The molecule has 0 fully saturated rings. The molecule has 0 radical (unpaired) electrons. The van der Waals surface area contributed by atoms with Gasteiger partial charge in [0.2, 0.25) is 0 Å². The number of ether oxygens (including phenoxy) is 1. The van der Waals surface area contributed by atoms with Crippen molar-refractivity contribution in [2.75, 3.05) is 7.11 Å². The predicted molar refractivity (Wildman–Crippen MR) is 49.7 cm³/mol. The topological polar surface area (TPSA) is 65.1 Å². The van der Waals surface area contributed by atoms with Gasteiger partial charge >= 0.3 is 0 Å². The Morgan fingerprint density at radius 3 is 2.77 bits per heavy atom. The number of methoxy groups -OCH3 is 1. The Balaban J connectivity index is 2.77. The minimum atomic E-state index is -0.0637. The Morgan fingerprint density at radius 1 is 1.69 bits per heavy atom. The second-order valence-electron chi connectivity index (χ2n) is 3.00. The van der Waals surface area contributed by atoms with Crippen LogP contribution in [0, 0.1) is 0 Å². The van der Waals surface area contributed by atoms with Crippen molar-refractivity contribution in [3.05, 3.63) is 18.0 Å². The Morgan fingerprint density at radius 2 is 2.38 bits per heavy atom. The minimum absolute atomic E-state index is 0.0000926. The lowest BCUT2D eigenvalue weighted by Gasteiger charge is -2.19. The Bertz CT molecular complexity index is 260. The van der Waals surface area contributed by atoms with Gasteiger partial charge in [-0.1, -0.05) is 0 Å². The monoisotopic (exact) mass is 184 g/mol. The molecule has 0 aliphatic carbocycles. The first-order valence-electron chi connectivity index (χ1n) is 4.17. The minimum Gasteiger partial charge on any atom is -0.380 e. The zero-order valence-corrected chi connectivity index (χ0v) is 8.19. The van der Waals surface area contributed by atoms with Gasteiger partial charge in [0, 0.05) is 20.4 Å². The van der Waals surface area contributed by atoms with Crippen LogP contribution in [0.1, 0.15) is 18.7 Å². The highest BCUT2D eigenvalue weighted by molar-refractivity contribution is 5.06. The van der Waals surface area contributed by atoms with Crippen LogP contribution in [-0.2, 0) is 11.8 Å². The fourth-order valence-electron chi connectivity index (χ4n) is 1.20. The molecular formula is C8H16N4O. The maximum absolute atomic E-state index is 5.41. The number of hydrogen-bond donors (Lipinski definition) is 2. The van der Waals surface area contributed by atoms with E-state index in [1.807, 2.05) is 26.2 Å². The number of aryl methyl sites for hydroxylation is 1. The molecule has 2 atom stereocenters. The lowest BCUT2D eigenvalue weighted by molar-refractivity contribution is 0.0815. The molecule has 74 valence electrons. The quantitative estimate of drug-likeness (QED) is 0.509. The molecule has 3 N–H and O–H groups in total. The largest absolute Gasteiger partial charge is 0.380 e. The average molecular weight is 184 g/mol. The number of rotatable bonds is 4. The summed E-state index contributed by atoms with van der Waals surface area (Å²) in [5, 5.41) is 4.25. The van der Waals surface area contributed by atoms with Crippen molar-refractivity contribution < 1.29 is 4.74 Å². The van der Waals surface area contributed by atoms with Crippen molar-refractivity contribution in [1.29, 1.82) is 0 Å². The molecule has 1 heterocycles. The third-order valence-electron chi connectivity index (χ3n) is 2.07. The van der Waals surface area contributed by atoms with Gasteiger partial charge in [-0.15, -0.1) is 0 Å². The lowest BCUT2D eigenvalue weighted by atomic mass is 10.1. The normalized spacial score (nSPS) is 15.7. The van der Waals surface area contributed by atoms with Crippen molar-refractivity contribution in [2.45, 2.75) is 19.1 Å². The first kappa shape index (κ1) is 10.2. The summed E-state index contributed by atoms with van der Waals surface area (Å²) >= 11 is 0. The molecule has 5 heteroatoms. The van der Waals surface area contributed by atoms with Crippen LogP contribution in [0.25, 0.3) is 0 Å². The molecule has 0 bridgehead atoms. The molecule has 1 rings (SSSR count). The van der Waals surface area contributed by atoms with Crippen LogP contribution >= 0.6 is 0 Å². The molecule has 13 heavy (non-hydrogen) atoms. The van der Waals surface area contributed by atoms with E-state index in [1.54, 1.807) is 11.8 Å². The van der Waals surface area contributed by atoms with E-state index in [2.05, 4.69) is 10.5 Å². The van der Waals surface area contributed by atoms with E-state index in [0.29, 0.717) is 0 Å². The van der Waals surface area contributed by atoms with Gasteiger partial charge in [-0.3, -0.25) is 10.5 Å². The van der Waals surface area contributed by atoms with Crippen LogP contribution in [0.5, 0.6) is 0 Å². The van der Waals surface area contributed by atoms with Gasteiger partial charge in [0.15, 0.2) is 0 Å². The first-order chi connectivity index (χ1) is 6.19. The number of nitrogens with two attached hydrogens (primary N) is 1. The number of hydrogen-bond acceptors (Lipinski definition) is 4. The van der Waals surface area contributed by atoms with E-state index in [9.17, 15) is 0 Å². The third-order valence-corrected chi connectivity index (χ3v) is 2.07. The second-order valence-corrected chi connectivity index (χ2v) is 3.00. The highest BCUT2D eigenvalue weighted by atomic mass is 16.5. The van der Waals surface area contributed by atoms with E-state index in [4.69, 9.17) is 10.6 Å². The van der Waals surface area contributed by atoms with E-state index < -0.39 is 0 Å². The van der Waals surface area contributed by atoms with Gasteiger partial charge in [0.1, 0.15) is 0 Å². The fraction of sp³-hybridized carbons (Fsp3) is 0.625. The zero-order valence-electron chi connectivity index (χ0n) is 8.19. The average Bonchev–Trinajstić information content (AvgIpc) is 2.53. The van der Waals surface area contributed by atoms with Gasteiger partial charge < -0.3 is 4.74 Å². The van der Waals surface area contributed by atoms with Crippen molar-refractivity contribution in [3.8, 4) is 0 Å². The van der Waals surface area contributed by atoms with E-state index >= 15 is 0 Å². The van der Waals surface area contributed by atoms with Crippen molar-refractivity contribution in [3.63, 3.8) is 0 Å². The summed E-state index contributed by atoms with van der Waals surface area (Å²) in [5.41, 5.74) is 3.57. The number of nitrogens with zero attached hydrogens (tertiary/aromatic N) is 2. The Labute approximate surface area is 77.8 Å². The lowest BCUT2D eigenvalue weighted by Crippen LogP contribution is -2.36. The molecule has 0 saturated heterocycles. The summed E-state index contributed by atoms with van der Waals surface area (Å²) in [7, 11) is 3.52. The van der Waals surface area contributed by atoms with Crippen LogP contribution in [-0.4, -0.2) is 23.0 Å². The Hall–Kier alpha value is -0.910. The summed E-state index contributed by atoms with van der Waals surface area (Å²) in [5.74, 6) is 5.41. The van der Waals surface area contributed by atoms with Gasteiger partial charge in [0.25, 0.3) is 0 Å². The molecule has 0 aromatic carbocycles. The van der Waals surface area contributed by atoms with Gasteiger partial charge in [-0.05, 0) is 13.0 Å². The molecule has 1 aromatic rings. The summed E-state index contributed by atoms with van der Waals surface area (Å²) in [4.78, 5) is 0. The molecule has 0 spiro atoms. The van der Waals surface area contributed by atoms with Crippen LogP contribution in [0.3, 0.4) is 0 Å². The second kappa shape index (κ2) is 4.36. The number of aromatic nitrogens is 2. The SMILES string of the molecule is COC(C)C(NN)c1ccn(C)n1. The van der Waals surface area contributed by atoms with Gasteiger partial charge in [-0.25, -0.2) is 5.43 Å². The molecular weight excluding hydrogens is 168 g/mol. The highest BCUT2D eigenvalue weighted by Gasteiger charge is 2.19. The molecule has 0 saturated carbocycles. The summed E-state index contributed by atoms with van der Waals surface area (Å²) in [6, 6.07) is 1.85. The fourth-order valence-corrected chi connectivity index (χ4v) is 1.20. The maximum Gasteiger partial charge on any atom is 0.0909 e. The zero-order chi connectivity index (χ0) is 9.84.